The molecule has 1 rings (SSSR count). The predicted octanol–water partition coefficient (Wildman–Crippen LogP) is 3.21. The van der Waals surface area contributed by atoms with Crippen LogP contribution in [0.1, 0.15) is 30.9 Å². The van der Waals surface area contributed by atoms with E-state index in [-0.39, 0.29) is 0 Å². The van der Waals surface area contributed by atoms with Gasteiger partial charge in [-0.25, -0.2) is 0 Å². The highest BCUT2D eigenvalue weighted by Crippen LogP contribution is 2.19. The number of benzene rings is 1. The van der Waals surface area contributed by atoms with Crippen LogP contribution in [0.4, 0.5) is 0 Å². The second kappa shape index (κ2) is 6.94. The van der Waals surface area contributed by atoms with Crippen molar-refractivity contribution in [3.8, 4) is 0 Å². The maximum atomic E-state index is 6.21. The van der Waals surface area contributed by atoms with Gasteiger partial charge in [-0.05, 0) is 31.6 Å². The quantitative estimate of drug-likeness (QED) is 0.805. The molecule has 0 saturated heterocycles. The summed E-state index contributed by atoms with van der Waals surface area (Å²) >= 11 is 11.1. The van der Waals surface area contributed by atoms with Crippen LogP contribution in [-0.4, -0.2) is 23.5 Å². The van der Waals surface area contributed by atoms with Crippen molar-refractivity contribution < 1.29 is 0 Å². The summed E-state index contributed by atoms with van der Waals surface area (Å²) in [4.78, 5) is 2.66. The highest BCUT2D eigenvalue weighted by molar-refractivity contribution is 7.80. The Bertz CT molecular complexity index is 393. The summed E-state index contributed by atoms with van der Waals surface area (Å²) in [7, 11) is 2.10. The number of nitrogens with zero attached hydrogens (tertiary/aromatic N) is 1. The third kappa shape index (κ3) is 4.62. The molecule has 4 heteroatoms. The Morgan fingerprint density at radius 1 is 1.47 bits per heavy atom. The molecule has 94 valence electrons. The third-order valence-electron chi connectivity index (χ3n) is 2.67. The molecule has 0 aliphatic carbocycles. The SMILES string of the molecule is CCCCN(C)Cc1ccc(C(N)=S)cc1Cl. The number of halogens is 1. The number of hydrogen-bond acceptors (Lipinski definition) is 2. The first-order valence-electron chi connectivity index (χ1n) is 5.81. The normalized spacial score (nSPS) is 10.8. The highest BCUT2D eigenvalue weighted by Gasteiger charge is 2.06. The van der Waals surface area contributed by atoms with Crippen LogP contribution in [-0.2, 0) is 6.54 Å². The Balaban J connectivity index is 2.69. The van der Waals surface area contributed by atoms with Gasteiger partial charge in [-0.15, -0.1) is 0 Å². The first-order valence-corrected chi connectivity index (χ1v) is 6.60. The van der Waals surface area contributed by atoms with Gasteiger partial charge in [0.2, 0.25) is 0 Å². The van der Waals surface area contributed by atoms with Crippen LogP contribution < -0.4 is 5.73 Å². The minimum atomic E-state index is 0.387. The average Bonchev–Trinajstić information content (AvgIpc) is 2.28. The van der Waals surface area contributed by atoms with Gasteiger partial charge in [0.05, 0.1) is 0 Å². The molecule has 0 unspecified atom stereocenters. The molecule has 17 heavy (non-hydrogen) atoms. The molecule has 0 bridgehead atoms. The average molecular weight is 271 g/mol. The lowest BCUT2D eigenvalue weighted by atomic mass is 10.1. The fourth-order valence-electron chi connectivity index (χ4n) is 1.63. The standard InChI is InChI=1S/C13H19ClN2S/c1-3-4-7-16(2)9-11-6-5-10(13(15)17)8-12(11)14/h5-6,8H,3-4,7,9H2,1-2H3,(H2,15,17). The predicted molar refractivity (Wildman–Crippen MR) is 78.6 cm³/mol. The zero-order valence-corrected chi connectivity index (χ0v) is 11.9. The van der Waals surface area contributed by atoms with E-state index in [2.05, 4.69) is 18.9 Å². The van der Waals surface area contributed by atoms with E-state index in [1.165, 1.54) is 12.8 Å². The fourth-order valence-corrected chi connectivity index (χ4v) is 1.99. The van der Waals surface area contributed by atoms with Crippen molar-refractivity contribution in [1.82, 2.24) is 4.90 Å². The zero-order valence-electron chi connectivity index (χ0n) is 10.4. The lowest BCUT2D eigenvalue weighted by molar-refractivity contribution is 0.321. The summed E-state index contributed by atoms with van der Waals surface area (Å²) in [6, 6.07) is 5.77. The minimum Gasteiger partial charge on any atom is -0.389 e. The van der Waals surface area contributed by atoms with Crippen LogP contribution in [0, 0.1) is 0 Å². The summed E-state index contributed by atoms with van der Waals surface area (Å²) in [5, 5.41) is 0.735. The lowest BCUT2D eigenvalue weighted by Crippen LogP contribution is -2.19. The van der Waals surface area contributed by atoms with Gasteiger partial charge in [0.15, 0.2) is 0 Å². The van der Waals surface area contributed by atoms with E-state index < -0.39 is 0 Å². The smallest absolute Gasteiger partial charge is 0.104 e. The molecule has 0 radical (unpaired) electrons. The topological polar surface area (TPSA) is 29.3 Å². The van der Waals surface area contributed by atoms with Gasteiger partial charge in [0, 0.05) is 17.1 Å². The molecule has 1 aromatic carbocycles. The Hall–Kier alpha value is -0.640. The molecule has 0 heterocycles. The molecule has 0 saturated carbocycles. The van der Waals surface area contributed by atoms with Gasteiger partial charge < -0.3 is 10.6 Å². The molecule has 0 spiro atoms. The third-order valence-corrected chi connectivity index (χ3v) is 3.26. The second-order valence-electron chi connectivity index (χ2n) is 4.26. The van der Waals surface area contributed by atoms with Crippen molar-refractivity contribution in [3.63, 3.8) is 0 Å². The maximum Gasteiger partial charge on any atom is 0.104 e. The van der Waals surface area contributed by atoms with Gasteiger partial charge in [0.25, 0.3) is 0 Å². The van der Waals surface area contributed by atoms with Gasteiger partial charge >= 0.3 is 0 Å². The van der Waals surface area contributed by atoms with Gasteiger partial charge in [0.1, 0.15) is 4.99 Å². The monoisotopic (exact) mass is 270 g/mol. The molecule has 1 aromatic rings. The van der Waals surface area contributed by atoms with E-state index in [9.17, 15) is 0 Å². The molecule has 2 nitrogen and oxygen atoms in total. The minimum absolute atomic E-state index is 0.387. The van der Waals surface area contributed by atoms with Crippen molar-refractivity contribution in [2.75, 3.05) is 13.6 Å². The van der Waals surface area contributed by atoms with Gasteiger partial charge in [-0.2, -0.15) is 0 Å². The van der Waals surface area contributed by atoms with Crippen LogP contribution in [0.15, 0.2) is 18.2 Å². The summed E-state index contributed by atoms with van der Waals surface area (Å²) in [5.41, 5.74) is 7.50. The number of hydrogen-bond donors (Lipinski definition) is 1. The summed E-state index contributed by atoms with van der Waals surface area (Å²) in [5.74, 6) is 0. The molecule has 0 atom stereocenters. The Labute approximate surface area is 114 Å². The maximum absolute atomic E-state index is 6.21. The van der Waals surface area contributed by atoms with Crippen LogP contribution in [0.2, 0.25) is 5.02 Å². The first-order chi connectivity index (χ1) is 8.04. The molecule has 2 N–H and O–H groups in total. The Morgan fingerprint density at radius 3 is 2.71 bits per heavy atom. The Morgan fingerprint density at radius 2 is 2.18 bits per heavy atom. The largest absolute Gasteiger partial charge is 0.389 e. The molecule has 0 amide bonds. The van der Waals surface area contributed by atoms with Crippen LogP contribution in [0.5, 0.6) is 0 Å². The van der Waals surface area contributed by atoms with Crippen molar-refractivity contribution in [3.05, 3.63) is 34.3 Å². The van der Waals surface area contributed by atoms with Crippen molar-refractivity contribution in [1.29, 1.82) is 0 Å². The summed E-state index contributed by atoms with van der Waals surface area (Å²) < 4.78 is 0. The summed E-state index contributed by atoms with van der Waals surface area (Å²) in [6.07, 6.45) is 2.41. The highest BCUT2D eigenvalue weighted by atomic mass is 35.5. The number of rotatable bonds is 6. The zero-order chi connectivity index (χ0) is 12.8. The number of unbranched alkanes of at least 4 members (excludes halogenated alkanes) is 1. The number of thiocarbonyl (C=S) groups is 1. The molecule has 0 fully saturated rings. The van der Waals surface area contributed by atoms with E-state index in [4.69, 9.17) is 29.6 Å². The van der Waals surface area contributed by atoms with E-state index >= 15 is 0 Å². The van der Waals surface area contributed by atoms with Gasteiger partial charge in [-0.3, -0.25) is 0 Å². The fraction of sp³-hybridized carbons (Fsp3) is 0.462. The lowest BCUT2D eigenvalue weighted by Gasteiger charge is -2.17. The molecule has 0 aliphatic heterocycles. The first kappa shape index (κ1) is 14.4. The molecule has 0 aliphatic rings. The second-order valence-corrected chi connectivity index (χ2v) is 5.11. The Kier molecular flexibility index (Phi) is 5.89. The molecule has 0 aromatic heterocycles. The van der Waals surface area contributed by atoms with Crippen molar-refractivity contribution in [2.24, 2.45) is 5.73 Å². The molecular weight excluding hydrogens is 252 g/mol. The van der Waals surface area contributed by atoms with Crippen molar-refractivity contribution >= 4 is 28.8 Å². The van der Waals surface area contributed by atoms with E-state index in [0.717, 1.165) is 29.2 Å². The van der Waals surface area contributed by atoms with E-state index in [1.807, 2.05) is 18.2 Å². The molecular formula is C13H19ClN2S. The van der Waals surface area contributed by atoms with Crippen LogP contribution in [0.3, 0.4) is 0 Å². The number of nitrogens with two attached hydrogens (primary N) is 1. The van der Waals surface area contributed by atoms with Crippen LogP contribution >= 0.6 is 23.8 Å². The summed E-state index contributed by atoms with van der Waals surface area (Å²) in [6.45, 7) is 4.14. The van der Waals surface area contributed by atoms with E-state index in [0.29, 0.717) is 4.99 Å². The van der Waals surface area contributed by atoms with Crippen molar-refractivity contribution in [2.45, 2.75) is 26.3 Å². The van der Waals surface area contributed by atoms with E-state index in [1.54, 1.807) is 0 Å². The van der Waals surface area contributed by atoms with Gasteiger partial charge in [-0.1, -0.05) is 49.3 Å². The van der Waals surface area contributed by atoms with Crippen LogP contribution in [0.25, 0.3) is 0 Å².